The number of hydrogen-bond acceptors (Lipinski definition) is 2. The van der Waals surface area contributed by atoms with Gasteiger partial charge in [-0.2, -0.15) is 0 Å². The van der Waals surface area contributed by atoms with E-state index in [0.29, 0.717) is 13.0 Å². The highest BCUT2D eigenvalue weighted by molar-refractivity contribution is 5.79. The van der Waals surface area contributed by atoms with Crippen LogP contribution in [0.15, 0.2) is 48.5 Å². The quantitative estimate of drug-likeness (QED) is 0.139. The van der Waals surface area contributed by atoms with Gasteiger partial charge in [-0.3, -0.25) is 4.79 Å². The fourth-order valence-corrected chi connectivity index (χ4v) is 5.55. The van der Waals surface area contributed by atoms with Crippen molar-refractivity contribution < 1.29 is 4.79 Å². The third-order valence-corrected chi connectivity index (χ3v) is 7.98. The predicted molar refractivity (Wildman–Crippen MR) is 166 cm³/mol. The van der Waals surface area contributed by atoms with Gasteiger partial charge in [0.15, 0.2) is 0 Å². The number of para-hydroxylation sites is 2. The summed E-state index contributed by atoms with van der Waals surface area (Å²) in [5, 5.41) is 3.10. The molecule has 214 valence electrons. The molecule has 1 heterocycles. The molecular formula is C35H53N3O. The van der Waals surface area contributed by atoms with Crippen molar-refractivity contribution in [3.8, 4) is 0 Å². The van der Waals surface area contributed by atoms with Gasteiger partial charge in [0.25, 0.3) is 0 Å². The Morgan fingerprint density at radius 3 is 2.00 bits per heavy atom. The normalized spacial score (nSPS) is 11.3. The summed E-state index contributed by atoms with van der Waals surface area (Å²) in [4.78, 5) is 17.4. The van der Waals surface area contributed by atoms with Crippen molar-refractivity contribution in [3.63, 3.8) is 0 Å². The average molecular weight is 532 g/mol. The number of nitrogens with zero attached hydrogens (tertiary/aromatic N) is 2. The maximum absolute atomic E-state index is 12.4. The molecule has 0 saturated heterocycles. The van der Waals surface area contributed by atoms with Gasteiger partial charge in [-0.05, 0) is 43.0 Å². The number of hydrogen-bond donors (Lipinski definition) is 1. The number of benzene rings is 2. The Morgan fingerprint density at radius 2 is 1.33 bits per heavy atom. The molecule has 3 aromatic rings. The topological polar surface area (TPSA) is 46.9 Å². The summed E-state index contributed by atoms with van der Waals surface area (Å²) in [5.74, 6) is 1.25. The van der Waals surface area contributed by atoms with E-state index < -0.39 is 0 Å². The van der Waals surface area contributed by atoms with Gasteiger partial charge in [0.1, 0.15) is 5.82 Å². The van der Waals surface area contributed by atoms with Crippen molar-refractivity contribution in [2.24, 2.45) is 0 Å². The lowest BCUT2D eigenvalue weighted by atomic mass is 10.0. The van der Waals surface area contributed by atoms with Gasteiger partial charge in [0, 0.05) is 19.5 Å². The smallest absolute Gasteiger partial charge is 0.224 e. The molecule has 0 aliphatic carbocycles. The summed E-state index contributed by atoms with van der Waals surface area (Å²) in [5.41, 5.74) is 4.60. The fourth-order valence-electron chi connectivity index (χ4n) is 5.55. The lowest BCUT2D eigenvalue weighted by Gasteiger charge is -2.10. The number of amides is 1. The number of fused-ring (bicyclic) bond motifs is 1. The van der Waals surface area contributed by atoms with E-state index in [9.17, 15) is 4.79 Å². The first-order valence-corrected chi connectivity index (χ1v) is 15.9. The van der Waals surface area contributed by atoms with E-state index in [2.05, 4.69) is 54.1 Å². The summed E-state index contributed by atoms with van der Waals surface area (Å²) in [7, 11) is 0. The van der Waals surface area contributed by atoms with Crippen LogP contribution in [0.4, 0.5) is 0 Å². The van der Waals surface area contributed by atoms with Crippen LogP contribution in [0.1, 0.15) is 120 Å². The molecule has 0 fully saturated rings. The van der Waals surface area contributed by atoms with Crippen molar-refractivity contribution >= 4 is 16.9 Å². The number of carbonyl (C=O) groups is 1. The summed E-state index contributed by atoms with van der Waals surface area (Å²) in [6, 6.07) is 16.6. The minimum atomic E-state index is 0.0974. The molecule has 0 bridgehead atoms. The maximum atomic E-state index is 12.4. The minimum absolute atomic E-state index is 0.0974. The van der Waals surface area contributed by atoms with Crippen LogP contribution in [0.25, 0.3) is 11.0 Å². The molecule has 0 saturated carbocycles. The molecule has 0 aliphatic heterocycles. The van der Waals surface area contributed by atoms with Crippen molar-refractivity contribution in [1.82, 2.24) is 14.9 Å². The Balaban J connectivity index is 1.31. The van der Waals surface area contributed by atoms with E-state index in [4.69, 9.17) is 4.98 Å². The van der Waals surface area contributed by atoms with E-state index in [1.165, 1.54) is 101 Å². The standard InChI is InChI=1S/C35H53N3O/c1-3-4-5-6-7-8-9-10-11-12-13-14-15-20-28-38-33-25-19-18-24-32(33)37-34(38)26-21-27-36-35(39)29-31-23-17-16-22-30(31)2/h16-19,22-25H,3-15,20-21,26-29H2,1-2H3,(H,36,39). The van der Waals surface area contributed by atoms with E-state index in [0.717, 1.165) is 36.3 Å². The molecule has 4 heteroatoms. The highest BCUT2D eigenvalue weighted by atomic mass is 16.1. The fraction of sp³-hybridized carbons (Fsp3) is 0.600. The van der Waals surface area contributed by atoms with Crippen LogP contribution in [0, 0.1) is 6.92 Å². The zero-order chi connectivity index (χ0) is 27.5. The lowest BCUT2D eigenvalue weighted by Crippen LogP contribution is -2.26. The van der Waals surface area contributed by atoms with Gasteiger partial charge in [-0.15, -0.1) is 0 Å². The molecule has 2 aromatic carbocycles. The van der Waals surface area contributed by atoms with Gasteiger partial charge in [0.05, 0.1) is 17.5 Å². The number of aromatic nitrogens is 2. The number of unbranched alkanes of at least 4 members (excludes halogenated alkanes) is 13. The summed E-state index contributed by atoms with van der Waals surface area (Å²) >= 11 is 0. The molecule has 39 heavy (non-hydrogen) atoms. The molecule has 1 N–H and O–H groups in total. The van der Waals surface area contributed by atoms with E-state index in [1.807, 2.05) is 18.2 Å². The number of carbonyl (C=O) groups excluding carboxylic acids is 1. The molecule has 3 rings (SSSR count). The van der Waals surface area contributed by atoms with Gasteiger partial charge < -0.3 is 9.88 Å². The maximum Gasteiger partial charge on any atom is 0.224 e. The van der Waals surface area contributed by atoms with Crippen molar-refractivity contribution in [1.29, 1.82) is 0 Å². The van der Waals surface area contributed by atoms with Crippen LogP contribution in [0.3, 0.4) is 0 Å². The zero-order valence-corrected chi connectivity index (χ0v) is 24.9. The second-order valence-corrected chi connectivity index (χ2v) is 11.3. The van der Waals surface area contributed by atoms with Crippen LogP contribution in [-0.2, 0) is 24.2 Å². The Labute approximate surface area is 238 Å². The number of nitrogens with one attached hydrogen (secondary N) is 1. The van der Waals surface area contributed by atoms with Crippen LogP contribution >= 0.6 is 0 Å². The van der Waals surface area contributed by atoms with Crippen LogP contribution in [0.2, 0.25) is 0 Å². The average Bonchev–Trinajstić information content (AvgIpc) is 3.30. The van der Waals surface area contributed by atoms with Gasteiger partial charge in [0.2, 0.25) is 5.91 Å². The molecule has 0 unspecified atom stereocenters. The molecule has 1 amide bonds. The minimum Gasteiger partial charge on any atom is -0.356 e. The SMILES string of the molecule is CCCCCCCCCCCCCCCCn1c(CCCNC(=O)Cc2ccccc2C)nc2ccccc21. The first-order chi connectivity index (χ1) is 19.2. The largest absolute Gasteiger partial charge is 0.356 e. The second-order valence-electron chi connectivity index (χ2n) is 11.3. The number of aryl methyl sites for hydroxylation is 3. The van der Waals surface area contributed by atoms with E-state index in [1.54, 1.807) is 0 Å². The first-order valence-electron chi connectivity index (χ1n) is 15.9. The summed E-state index contributed by atoms with van der Waals surface area (Å²) < 4.78 is 2.42. The molecule has 0 aliphatic rings. The van der Waals surface area contributed by atoms with E-state index >= 15 is 0 Å². The lowest BCUT2D eigenvalue weighted by molar-refractivity contribution is -0.120. The molecule has 0 radical (unpaired) electrons. The predicted octanol–water partition coefficient (Wildman–Crippen LogP) is 9.12. The summed E-state index contributed by atoms with van der Waals surface area (Å²) in [6.45, 7) is 6.07. The monoisotopic (exact) mass is 531 g/mol. The first kappa shape index (κ1) is 30.9. The number of imidazole rings is 1. The van der Waals surface area contributed by atoms with E-state index in [-0.39, 0.29) is 5.91 Å². The third-order valence-electron chi connectivity index (χ3n) is 7.98. The highest BCUT2D eigenvalue weighted by Crippen LogP contribution is 2.19. The Hall–Kier alpha value is -2.62. The Kier molecular flexibility index (Phi) is 14.8. The van der Waals surface area contributed by atoms with Crippen LogP contribution in [0.5, 0.6) is 0 Å². The van der Waals surface area contributed by atoms with Crippen molar-refractivity contribution in [2.75, 3.05) is 6.54 Å². The van der Waals surface area contributed by atoms with Gasteiger partial charge in [-0.25, -0.2) is 4.98 Å². The number of rotatable bonds is 21. The molecule has 0 spiro atoms. The van der Waals surface area contributed by atoms with Gasteiger partial charge in [-0.1, -0.05) is 127 Å². The van der Waals surface area contributed by atoms with Crippen molar-refractivity contribution in [2.45, 2.75) is 130 Å². The Bertz CT molecular complexity index is 1090. The summed E-state index contributed by atoms with van der Waals surface area (Å²) in [6.07, 6.45) is 21.6. The highest BCUT2D eigenvalue weighted by Gasteiger charge is 2.11. The molecule has 0 atom stereocenters. The third kappa shape index (κ3) is 11.6. The molecular weight excluding hydrogens is 478 g/mol. The van der Waals surface area contributed by atoms with Crippen LogP contribution in [-0.4, -0.2) is 22.0 Å². The Morgan fingerprint density at radius 1 is 0.744 bits per heavy atom. The van der Waals surface area contributed by atoms with Crippen molar-refractivity contribution in [3.05, 3.63) is 65.5 Å². The van der Waals surface area contributed by atoms with Gasteiger partial charge >= 0.3 is 0 Å². The molecule has 4 nitrogen and oxygen atoms in total. The zero-order valence-electron chi connectivity index (χ0n) is 24.9. The second kappa shape index (κ2) is 18.6. The molecule has 1 aromatic heterocycles. The van der Waals surface area contributed by atoms with Crippen LogP contribution < -0.4 is 5.32 Å².